The van der Waals surface area contributed by atoms with Gasteiger partial charge in [-0.15, -0.1) is 0 Å². The van der Waals surface area contributed by atoms with Gasteiger partial charge in [-0.05, 0) is 42.8 Å². The number of hydrogen-bond donors (Lipinski definition) is 2. The molecule has 5 rings (SSSR count). The fourth-order valence-electron chi connectivity index (χ4n) is 4.44. The van der Waals surface area contributed by atoms with Crippen molar-refractivity contribution in [2.45, 2.75) is 25.8 Å². The first-order valence-electron chi connectivity index (χ1n) is 12.1. The molecule has 1 unspecified atom stereocenters. The Bertz CT molecular complexity index is 1340. The molecule has 190 valence electrons. The van der Waals surface area contributed by atoms with Gasteiger partial charge >= 0.3 is 6.03 Å². The van der Waals surface area contributed by atoms with Gasteiger partial charge in [0.05, 0.1) is 24.6 Å². The molecule has 2 aliphatic heterocycles. The third-order valence-corrected chi connectivity index (χ3v) is 6.16. The number of benzene rings is 3. The molecular formula is C28H27FN4O4. The number of rotatable bonds is 6. The van der Waals surface area contributed by atoms with Crippen molar-refractivity contribution in [2.24, 2.45) is 4.99 Å². The maximum atomic E-state index is 15.0. The van der Waals surface area contributed by atoms with E-state index in [9.17, 15) is 14.0 Å². The average molecular weight is 503 g/mol. The monoisotopic (exact) mass is 502 g/mol. The molecule has 37 heavy (non-hydrogen) atoms. The van der Waals surface area contributed by atoms with E-state index in [1.165, 1.54) is 6.07 Å². The van der Waals surface area contributed by atoms with Gasteiger partial charge in [0.25, 0.3) is 5.91 Å². The summed E-state index contributed by atoms with van der Waals surface area (Å²) >= 11 is 0. The van der Waals surface area contributed by atoms with Crippen LogP contribution in [-0.2, 0) is 14.3 Å². The van der Waals surface area contributed by atoms with Gasteiger partial charge in [0.2, 0.25) is 6.17 Å². The van der Waals surface area contributed by atoms with Gasteiger partial charge in [-0.2, -0.15) is 0 Å². The standard InChI is InChI=1S/C28H27FN4O4/c1-18-7-6-8-19(17-18)30-28(35)32-26-27(34)33(14-13-24-36-15-16-37-24)23-12-5-3-10-21(23)25(31-26)20-9-2-4-11-22(20)29/h2-12,17,24,26H,13-16H2,1H3,(H2,30,32,35). The summed E-state index contributed by atoms with van der Waals surface area (Å²) in [5.41, 5.74) is 3.21. The second-order valence-corrected chi connectivity index (χ2v) is 8.79. The Morgan fingerprint density at radius 1 is 1.03 bits per heavy atom. The van der Waals surface area contributed by atoms with Crippen molar-refractivity contribution in [3.8, 4) is 0 Å². The molecule has 0 bridgehead atoms. The number of ether oxygens (including phenoxy) is 2. The predicted octanol–water partition coefficient (Wildman–Crippen LogP) is 4.23. The van der Waals surface area contributed by atoms with E-state index in [0.717, 1.165) is 5.56 Å². The zero-order valence-corrected chi connectivity index (χ0v) is 20.3. The molecule has 2 heterocycles. The van der Waals surface area contributed by atoms with Crippen molar-refractivity contribution < 1.29 is 23.5 Å². The molecular weight excluding hydrogens is 475 g/mol. The minimum Gasteiger partial charge on any atom is -0.350 e. The number of carbonyl (C=O) groups excluding carboxylic acids is 2. The minimum atomic E-state index is -1.29. The summed E-state index contributed by atoms with van der Waals surface area (Å²) < 4.78 is 26.1. The maximum absolute atomic E-state index is 15.0. The minimum absolute atomic E-state index is 0.234. The van der Waals surface area contributed by atoms with Crippen LogP contribution in [0.15, 0.2) is 77.8 Å². The lowest BCUT2D eigenvalue weighted by molar-refractivity contribution is -0.120. The highest BCUT2D eigenvalue weighted by Gasteiger charge is 2.34. The number of nitrogens with zero attached hydrogens (tertiary/aromatic N) is 2. The average Bonchev–Trinajstić information content (AvgIpc) is 3.38. The number of fused-ring (bicyclic) bond motifs is 1. The van der Waals surface area contributed by atoms with Crippen molar-refractivity contribution in [1.82, 2.24) is 5.32 Å². The molecule has 1 fully saturated rings. The number of nitrogens with one attached hydrogen (secondary N) is 2. The zero-order chi connectivity index (χ0) is 25.8. The molecule has 3 aromatic rings. The SMILES string of the molecule is Cc1cccc(NC(=O)NC2N=C(c3ccccc3F)c3ccccc3N(CCC3OCCO3)C2=O)c1. The molecule has 2 aliphatic rings. The van der Waals surface area contributed by atoms with Crippen LogP contribution < -0.4 is 15.5 Å². The summed E-state index contributed by atoms with van der Waals surface area (Å²) in [4.78, 5) is 32.9. The van der Waals surface area contributed by atoms with Gasteiger partial charge in [0.15, 0.2) is 6.29 Å². The third kappa shape index (κ3) is 5.52. The summed E-state index contributed by atoms with van der Waals surface area (Å²) in [6, 6.07) is 20.1. The number of carbonyl (C=O) groups is 2. The summed E-state index contributed by atoms with van der Waals surface area (Å²) in [5, 5.41) is 5.42. The number of urea groups is 1. The molecule has 1 saturated heterocycles. The van der Waals surface area contributed by atoms with Crippen molar-refractivity contribution in [2.75, 3.05) is 30.0 Å². The van der Waals surface area contributed by atoms with Gasteiger partial charge < -0.3 is 25.0 Å². The Morgan fingerprint density at radius 3 is 2.51 bits per heavy atom. The Balaban J connectivity index is 1.51. The van der Waals surface area contributed by atoms with Crippen LogP contribution in [0.3, 0.4) is 0 Å². The van der Waals surface area contributed by atoms with Crippen LogP contribution in [0.1, 0.15) is 23.1 Å². The number of para-hydroxylation sites is 1. The molecule has 9 heteroatoms. The lowest BCUT2D eigenvalue weighted by Gasteiger charge is -2.26. The number of amides is 3. The number of hydrogen-bond acceptors (Lipinski definition) is 5. The van der Waals surface area contributed by atoms with Crippen LogP contribution >= 0.6 is 0 Å². The van der Waals surface area contributed by atoms with Crippen molar-refractivity contribution in [3.05, 3.63) is 95.3 Å². The molecule has 0 aromatic heterocycles. The number of benzodiazepines with no additional fused rings is 1. The van der Waals surface area contributed by atoms with Crippen molar-refractivity contribution >= 4 is 29.0 Å². The fourth-order valence-corrected chi connectivity index (χ4v) is 4.44. The summed E-state index contributed by atoms with van der Waals surface area (Å²) in [6.45, 7) is 3.17. The maximum Gasteiger partial charge on any atom is 0.321 e. The molecule has 3 aromatic carbocycles. The lowest BCUT2D eigenvalue weighted by Crippen LogP contribution is -2.49. The van der Waals surface area contributed by atoms with E-state index in [1.54, 1.807) is 53.4 Å². The second-order valence-electron chi connectivity index (χ2n) is 8.79. The van der Waals surface area contributed by atoms with Crippen LogP contribution in [0.25, 0.3) is 0 Å². The van der Waals surface area contributed by atoms with Gasteiger partial charge in [-0.1, -0.05) is 42.5 Å². The lowest BCUT2D eigenvalue weighted by atomic mass is 9.99. The van der Waals surface area contributed by atoms with Gasteiger partial charge in [-0.3, -0.25) is 4.79 Å². The Kier molecular flexibility index (Phi) is 7.25. The van der Waals surface area contributed by atoms with Gasteiger partial charge in [0, 0.05) is 29.8 Å². The molecule has 0 radical (unpaired) electrons. The number of aryl methyl sites for hydroxylation is 1. The number of aliphatic imine (C=N–C) groups is 1. The predicted molar refractivity (Wildman–Crippen MR) is 138 cm³/mol. The summed E-state index contributed by atoms with van der Waals surface area (Å²) in [7, 11) is 0. The highest BCUT2D eigenvalue weighted by atomic mass is 19.1. The third-order valence-electron chi connectivity index (χ3n) is 6.16. The van der Waals surface area contributed by atoms with E-state index in [1.807, 2.05) is 25.1 Å². The first-order valence-corrected chi connectivity index (χ1v) is 12.1. The normalized spacial score (nSPS) is 17.7. The van der Waals surface area contributed by atoms with E-state index in [0.29, 0.717) is 36.6 Å². The highest BCUT2D eigenvalue weighted by molar-refractivity contribution is 6.20. The quantitative estimate of drug-likeness (QED) is 0.528. The Labute approximate surface area is 214 Å². The summed E-state index contributed by atoms with van der Waals surface area (Å²) in [6.07, 6.45) is -1.29. The first kappa shape index (κ1) is 24.6. The second kappa shape index (κ2) is 10.9. The van der Waals surface area contributed by atoms with Crippen molar-refractivity contribution in [1.29, 1.82) is 0 Å². The van der Waals surface area contributed by atoms with Crippen LogP contribution in [0.2, 0.25) is 0 Å². The first-order chi connectivity index (χ1) is 18.0. The van der Waals surface area contributed by atoms with Gasteiger partial charge in [-0.25, -0.2) is 14.2 Å². The Hall–Kier alpha value is -4.08. The van der Waals surface area contributed by atoms with E-state index in [-0.39, 0.29) is 17.8 Å². The van der Waals surface area contributed by atoms with E-state index >= 15 is 0 Å². The van der Waals surface area contributed by atoms with Crippen LogP contribution in [-0.4, -0.2) is 49.9 Å². The Morgan fingerprint density at radius 2 is 1.76 bits per heavy atom. The van der Waals surface area contributed by atoms with Crippen LogP contribution in [0.5, 0.6) is 0 Å². The van der Waals surface area contributed by atoms with E-state index < -0.39 is 30.2 Å². The molecule has 0 saturated carbocycles. The molecule has 1 atom stereocenters. The molecule has 8 nitrogen and oxygen atoms in total. The molecule has 2 N–H and O–H groups in total. The van der Waals surface area contributed by atoms with Crippen LogP contribution in [0.4, 0.5) is 20.6 Å². The largest absolute Gasteiger partial charge is 0.350 e. The van der Waals surface area contributed by atoms with E-state index in [4.69, 9.17) is 9.47 Å². The molecule has 0 spiro atoms. The van der Waals surface area contributed by atoms with Crippen molar-refractivity contribution in [3.63, 3.8) is 0 Å². The highest BCUT2D eigenvalue weighted by Crippen LogP contribution is 2.29. The fraction of sp³-hybridized carbons (Fsp3) is 0.250. The molecule has 0 aliphatic carbocycles. The number of halogens is 1. The van der Waals surface area contributed by atoms with Gasteiger partial charge in [0.1, 0.15) is 5.82 Å². The molecule has 3 amide bonds. The summed E-state index contributed by atoms with van der Waals surface area (Å²) in [5.74, 6) is -0.927. The van der Waals surface area contributed by atoms with E-state index in [2.05, 4.69) is 15.6 Å². The smallest absolute Gasteiger partial charge is 0.321 e. The zero-order valence-electron chi connectivity index (χ0n) is 20.3. The van der Waals surface area contributed by atoms with Crippen LogP contribution in [0, 0.1) is 12.7 Å². The number of anilines is 2. The topological polar surface area (TPSA) is 92.3 Å².